The van der Waals surface area contributed by atoms with Crippen LogP contribution in [0.5, 0.6) is 0 Å². The minimum Gasteiger partial charge on any atom is -0.307 e. The number of nitrogens with zero attached hydrogens (tertiary/aromatic N) is 3. The van der Waals surface area contributed by atoms with Gasteiger partial charge in [0.15, 0.2) is 0 Å². The fraction of sp³-hybridized carbons (Fsp3) is 0.238. The Bertz CT molecular complexity index is 1170. The molecule has 150 valence electrons. The van der Waals surface area contributed by atoms with Gasteiger partial charge in [0, 0.05) is 18.2 Å². The van der Waals surface area contributed by atoms with E-state index in [1.54, 1.807) is 22.9 Å². The third kappa shape index (κ3) is 4.02. The van der Waals surface area contributed by atoms with Gasteiger partial charge in [-0.3, -0.25) is 9.10 Å². The number of benzene rings is 2. The second kappa shape index (κ2) is 7.36. The van der Waals surface area contributed by atoms with Crippen molar-refractivity contribution in [3.63, 3.8) is 0 Å². The largest absolute Gasteiger partial charge is 0.307 e. The van der Waals surface area contributed by atoms with Gasteiger partial charge >= 0.3 is 0 Å². The number of carbonyl (C=O) groups is 1. The lowest BCUT2D eigenvalue weighted by Crippen LogP contribution is -2.27. The molecule has 0 radical (unpaired) electrons. The monoisotopic (exact) mass is 410 g/mol. The minimum absolute atomic E-state index is 0.250. The van der Waals surface area contributed by atoms with Crippen molar-refractivity contribution in [1.29, 1.82) is 0 Å². The average molecular weight is 410 g/mol. The van der Waals surface area contributed by atoms with Crippen LogP contribution in [0.4, 0.5) is 11.5 Å². The van der Waals surface area contributed by atoms with Crippen molar-refractivity contribution in [3.8, 4) is 0 Å². The number of amides is 1. The lowest BCUT2D eigenvalue weighted by Gasteiger charge is -2.16. The van der Waals surface area contributed by atoms with Gasteiger partial charge in [0.1, 0.15) is 5.82 Å². The zero-order valence-corrected chi connectivity index (χ0v) is 17.1. The van der Waals surface area contributed by atoms with E-state index in [0.717, 1.165) is 16.8 Å². The van der Waals surface area contributed by atoms with Crippen LogP contribution in [0.2, 0.25) is 0 Å². The third-order valence-electron chi connectivity index (χ3n) is 4.91. The van der Waals surface area contributed by atoms with E-state index in [2.05, 4.69) is 10.4 Å². The van der Waals surface area contributed by atoms with E-state index >= 15 is 0 Å². The van der Waals surface area contributed by atoms with Crippen LogP contribution < -0.4 is 9.62 Å². The molecule has 1 aliphatic rings. The van der Waals surface area contributed by atoms with Gasteiger partial charge in [0.25, 0.3) is 5.91 Å². The Morgan fingerprint density at radius 2 is 1.90 bits per heavy atom. The average Bonchev–Trinajstić information content (AvgIpc) is 3.25. The quantitative estimate of drug-likeness (QED) is 0.701. The fourth-order valence-electron chi connectivity index (χ4n) is 3.57. The van der Waals surface area contributed by atoms with Crippen LogP contribution in [0.3, 0.4) is 0 Å². The number of sulfonamides is 1. The first-order valence-corrected chi connectivity index (χ1v) is 11.2. The predicted molar refractivity (Wildman–Crippen MR) is 113 cm³/mol. The summed E-state index contributed by atoms with van der Waals surface area (Å²) in [6.45, 7) is 2.84. The second-order valence-corrected chi connectivity index (χ2v) is 9.10. The molecule has 0 aliphatic carbocycles. The molecule has 7 nitrogen and oxygen atoms in total. The van der Waals surface area contributed by atoms with E-state index in [1.807, 2.05) is 43.3 Å². The number of nitrogens with one attached hydrogen (secondary N) is 1. The highest BCUT2D eigenvalue weighted by molar-refractivity contribution is 7.92. The molecule has 0 unspecified atom stereocenters. The summed E-state index contributed by atoms with van der Waals surface area (Å²) in [5, 5.41) is 7.41. The molecule has 0 saturated carbocycles. The van der Waals surface area contributed by atoms with Crippen LogP contribution in [0.1, 0.15) is 27.2 Å². The van der Waals surface area contributed by atoms with E-state index in [0.29, 0.717) is 36.6 Å². The molecule has 0 atom stereocenters. The molecule has 0 saturated heterocycles. The topological polar surface area (TPSA) is 84.3 Å². The predicted octanol–water partition coefficient (Wildman–Crippen LogP) is 2.81. The van der Waals surface area contributed by atoms with Gasteiger partial charge in [-0.2, -0.15) is 5.10 Å². The van der Waals surface area contributed by atoms with Crippen molar-refractivity contribution < 1.29 is 13.2 Å². The summed E-state index contributed by atoms with van der Waals surface area (Å²) in [6.07, 6.45) is 1.79. The first-order chi connectivity index (χ1) is 13.8. The van der Waals surface area contributed by atoms with E-state index in [9.17, 15) is 13.2 Å². The SMILES string of the molecule is Cc1cc(NC(=O)c2ccc3c(c2)CCN3S(C)(=O)=O)n(Cc2ccccc2)n1. The number of anilines is 2. The van der Waals surface area contributed by atoms with Crippen LogP contribution in [-0.2, 0) is 23.0 Å². The third-order valence-corrected chi connectivity index (χ3v) is 6.09. The van der Waals surface area contributed by atoms with Crippen molar-refractivity contribution in [3.05, 3.63) is 77.0 Å². The molecule has 1 aliphatic heterocycles. The maximum atomic E-state index is 12.8. The molecule has 0 fully saturated rings. The molecule has 1 amide bonds. The van der Waals surface area contributed by atoms with Gasteiger partial charge in [-0.15, -0.1) is 0 Å². The van der Waals surface area contributed by atoms with Crippen molar-refractivity contribution in [2.75, 3.05) is 22.4 Å². The summed E-state index contributed by atoms with van der Waals surface area (Å²) in [6, 6.07) is 16.9. The summed E-state index contributed by atoms with van der Waals surface area (Å²) in [7, 11) is -3.31. The van der Waals surface area contributed by atoms with Crippen molar-refractivity contribution in [1.82, 2.24) is 9.78 Å². The molecule has 8 heteroatoms. The molecule has 4 rings (SSSR count). The van der Waals surface area contributed by atoms with Crippen LogP contribution in [0.25, 0.3) is 0 Å². The highest BCUT2D eigenvalue weighted by atomic mass is 32.2. The molecular formula is C21H22N4O3S. The number of carbonyl (C=O) groups excluding carboxylic acids is 1. The number of hydrogen-bond acceptors (Lipinski definition) is 4. The molecule has 2 aromatic carbocycles. The summed E-state index contributed by atoms with van der Waals surface area (Å²) in [4.78, 5) is 12.8. The number of fused-ring (bicyclic) bond motifs is 1. The lowest BCUT2D eigenvalue weighted by molar-refractivity contribution is 0.102. The minimum atomic E-state index is -3.31. The van der Waals surface area contributed by atoms with Crippen molar-refractivity contribution in [2.24, 2.45) is 0 Å². The van der Waals surface area contributed by atoms with Gasteiger partial charge in [-0.1, -0.05) is 30.3 Å². The maximum absolute atomic E-state index is 12.8. The van der Waals surface area contributed by atoms with Crippen molar-refractivity contribution in [2.45, 2.75) is 19.9 Å². The molecule has 2 heterocycles. The normalized spacial score (nSPS) is 13.4. The standard InChI is InChI=1S/C21H22N4O3S/c1-15-12-20(24(23-15)14-16-6-4-3-5-7-16)22-21(26)18-8-9-19-17(13-18)10-11-25(19)29(2,27)28/h3-9,12-13H,10-11,14H2,1-2H3,(H,22,26). The van der Waals surface area contributed by atoms with Gasteiger partial charge in [0.2, 0.25) is 10.0 Å². The van der Waals surface area contributed by atoms with E-state index in [4.69, 9.17) is 0 Å². The Balaban J connectivity index is 1.55. The summed E-state index contributed by atoms with van der Waals surface area (Å²) < 4.78 is 26.9. The zero-order chi connectivity index (χ0) is 20.6. The van der Waals surface area contributed by atoms with Gasteiger partial charge in [-0.25, -0.2) is 13.1 Å². The maximum Gasteiger partial charge on any atom is 0.256 e. The molecule has 3 aromatic rings. The first-order valence-electron chi connectivity index (χ1n) is 9.31. The highest BCUT2D eigenvalue weighted by Crippen LogP contribution is 2.31. The zero-order valence-electron chi connectivity index (χ0n) is 16.3. The smallest absolute Gasteiger partial charge is 0.256 e. The Kier molecular flexibility index (Phi) is 4.87. The van der Waals surface area contributed by atoms with Crippen LogP contribution in [0.15, 0.2) is 54.6 Å². The highest BCUT2D eigenvalue weighted by Gasteiger charge is 2.26. The van der Waals surface area contributed by atoms with Crippen molar-refractivity contribution >= 4 is 27.4 Å². The molecule has 1 N–H and O–H groups in total. The van der Waals surface area contributed by atoms with Gasteiger partial charge < -0.3 is 5.32 Å². The number of aryl methyl sites for hydroxylation is 1. The van der Waals surface area contributed by atoms with Gasteiger partial charge in [0.05, 0.1) is 24.2 Å². The lowest BCUT2D eigenvalue weighted by atomic mass is 10.1. The molecule has 0 spiro atoms. The summed E-state index contributed by atoms with van der Waals surface area (Å²) in [5.41, 5.74) is 3.90. The van der Waals surface area contributed by atoms with E-state index in [1.165, 1.54) is 10.6 Å². The van der Waals surface area contributed by atoms with E-state index in [-0.39, 0.29) is 5.91 Å². The molecule has 1 aromatic heterocycles. The summed E-state index contributed by atoms with van der Waals surface area (Å²) >= 11 is 0. The molecular weight excluding hydrogens is 388 g/mol. The Hall–Kier alpha value is -3.13. The Morgan fingerprint density at radius 1 is 1.14 bits per heavy atom. The van der Waals surface area contributed by atoms with Crippen LogP contribution in [-0.4, -0.2) is 36.9 Å². The molecule has 0 bridgehead atoms. The Morgan fingerprint density at radius 3 is 2.62 bits per heavy atom. The number of rotatable bonds is 5. The van der Waals surface area contributed by atoms with E-state index < -0.39 is 10.0 Å². The first kappa shape index (κ1) is 19.2. The fourth-order valence-corrected chi connectivity index (χ4v) is 4.53. The second-order valence-electron chi connectivity index (χ2n) is 7.20. The van der Waals surface area contributed by atoms with Crippen LogP contribution >= 0.6 is 0 Å². The molecule has 29 heavy (non-hydrogen) atoms. The number of aromatic nitrogens is 2. The number of hydrogen-bond donors (Lipinski definition) is 1. The Labute approximate surface area is 170 Å². The van der Waals surface area contributed by atoms with Crippen LogP contribution in [0, 0.1) is 6.92 Å². The van der Waals surface area contributed by atoms with Gasteiger partial charge in [-0.05, 0) is 42.7 Å². The summed E-state index contributed by atoms with van der Waals surface area (Å²) in [5.74, 6) is 0.370.